The van der Waals surface area contributed by atoms with E-state index in [1.165, 1.54) is 6.26 Å². The topological polar surface area (TPSA) is 83.7 Å². The Labute approximate surface area is 166 Å². The fourth-order valence-corrected chi connectivity index (χ4v) is 4.05. The van der Waals surface area contributed by atoms with Crippen molar-refractivity contribution in [2.24, 2.45) is 5.73 Å². The maximum atomic E-state index is 12.6. The van der Waals surface area contributed by atoms with Crippen molar-refractivity contribution in [1.29, 1.82) is 0 Å². The molecule has 1 saturated heterocycles. The van der Waals surface area contributed by atoms with Gasteiger partial charge in [0.15, 0.2) is 9.84 Å². The zero-order valence-corrected chi connectivity index (χ0v) is 16.9. The Morgan fingerprint density at radius 3 is 2.14 bits per heavy atom. The zero-order chi connectivity index (χ0) is 20.1. The van der Waals surface area contributed by atoms with Gasteiger partial charge in [-0.25, -0.2) is 8.42 Å². The number of carbonyl (C=O) groups is 1. The predicted molar refractivity (Wildman–Crippen MR) is 110 cm³/mol. The first-order valence-electron chi connectivity index (χ1n) is 9.42. The van der Waals surface area contributed by atoms with Gasteiger partial charge in [-0.15, -0.1) is 0 Å². The van der Waals surface area contributed by atoms with Crippen molar-refractivity contribution >= 4 is 15.7 Å². The van der Waals surface area contributed by atoms with Gasteiger partial charge in [0.25, 0.3) is 0 Å². The molecule has 0 radical (unpaired) electrons. The van der Waals surface area contributed by atoms with Crippen LogP contribution in [0.1, 0.15) is 11.1 Å². The second-order valence-electron chi connectivity index (χ2n) is 7.31. The first kappa shape index (κ1) is 20.5. The Hall–Kier alpha value is -2.22. The van der Waals surface area contributed by atoms with Crippen LogP contribution in [0.4, 0.5) is 0 Å². The van der Waals surface area contributed by atoms with Gasteiger partial charge < -0.3 is 10.6 Å². The number of carbonyl (C=O) groups excluding carboxylic acids is 1. The second-order valence-corrected chi connectivity index (χ2v) is 9.33. The molecule has 3 rings (SSSR count). The molecule has 150 valence electrons. The van der Waals surface area contributed by atoms with Gasteiger partial charge in [-0.1, -0.05) is 42.5 Å². The Balaban J connectivity index is 1.49. The molecule has 2 aromatic carbocycles. The highest BCUT2D eigenvalue weighted by Gasteiger charge is 2.25. The number of piperazine rings is 1. The summed E-state index contributed by atoms with van der Waals surface area (Å²) in [6.07, 6.45) is 1.76. The van der Waals surface area contributed by atoms with Gasteiger partial charge in [0, 0.05) is 39.0 Å². The maximum absolute atomic E-state index is 12.6. The van der Waals surface area contributed by atoms with Crippen LogP contribution in [-0.4, -0.2) is 62.6 Å². The lowest BCUT2D eigenvalue weighted by molar-refractivity contribution is -0.134. The normalized spacial score (nSPS) is 16.7. The zero-order valence-electron chi connectivity index (χ0n) is 16.1. The van der Waals surface area contributed by atoms with E-state index in [0.29, 0.717) is 24.4 Å². The van der Waals surface area contributed by atoms with E-state index < -0.39 is 15.9 Å². The molecule has 6 nitrogen and oxygen atoms in total. The fourth-order valence-electron chi connectivity index (χ4n) is 3.42. The lowest BCUT2D eigenvalue weighted by atomic mass is 10.1. The molecular weight excluding hydrogens is 374 g/mol. The van der Waals surface area contributed by atoms with Crippen molar-refractivity contribution in [1.82, 2.24) is 9.80 Å². The van der Waals surface area contributed by atoms with Crippen LogP contribution in [0.15, 0.2) is 59.5 Å². The maximum Gasteiger partial charge on any atom is 0.239 e. The Kier molecular flexibility index (Phi) is 6.49. The van der Waals surface area contributed by atoms with Crippen molar-refractivity contribution in [3.05, 3.63) is 65.7 Å². The molecule has 1 heterocycles. The first-order valence-corrected chi connectivity index (χ1v) is 11.3. The number of nitrogens with zero attached hydrogens (tertiary/aromatic N) is 2. The Morgan fingerprint density at radius 1 is 0.964 bits per heavy atom. The van der Waals surface area contributed by atoms with Gasteiger partial charge >= 0.3 is 0 Å². The molecule has 1 fully saturated rings. The number of hydrogen-bond donors (Lipinski definition) is 1. The van der Waals surface area contributed by atoms with Crippen molar-refractivity contribution in [3.8, 4) is 0 Å². The summed E-state index contributed by atoms with van der Waals surface area (Å²) in [4.78, 5) is 17.1. The molecule has 28 heavy (non-hydrogen) atoms. The van der Waals surface area contributed by atoms with Crippen LogP contribution in [-0.2, 0) is 27.6 Å². The highest BCUT2D eigenvalue weighted by molar-refractivity contribution is 7.90. The molecule has 1 atom stereocenters. The van der Waals surface area contributed by atoms with Crippen LogP contribution in [0.3, 0.4) is 0 Å². The first-order chi connectivity index (χ1) is 13.3. The molecule has 0 saturated carbocycles. The number of amides is 1. The van der Waals surface area contributed by atoms with Crippen molar-refractivity contribution in [2.45, 2.75) is 23.9 Å². The standard InChI is InChI=1S/C21H27N3O3S/c1-28(26,27)19-9-7-18(8-10-19)16-23-11-13-24(14-12-23)21(25)20(22)15-17-5-3-2-4-6-17/h2-10,20H,11-16,22H2,1H3. The largest absolute Gasteiger partial charge is 0.339 e. The van der Waals surface area contributed by atoms with Crippen molar-refractivity contribution in [2.75, 3.05) is 32.4 Å². The van der Waals surface area contributed by atoms with Crippen LogP contribution >= 0.6 is 0 Å². The van der Waals surface area contributed by atoms with Crippen molar-refractivity contribution < 1.29 is 13.2 Å². The number of benzene rings is 2. The molecule has 7 heteroatoms. The average Bonchev–Trinajstić information content (AvgIpc) is 2.68. The molecule has 0 spiro atoms. The molecule has 1 unspecified atom stereocenters. The molecular formula is C21H27N3O3S. The van der Waals surface area contributed by atoms with Gasteiger partial charge in [-0.3, -0.25) is 9.69 Å². The van der Waals surface area contributed by atoms with E-state index in [1.54, 1.807) is 12.1 Å². The van der Waals surface area contributed by atoms with E-state index in [-0.39, 0.29) is 5.91 Å². The fraction of sp³-hybridized carbons (Fsp3) is 0.381. The van der Waals surface area contributed by atoms with Gasteiger partial charge in [-0.05, 0) is 29.7 Å². The molecule has 0 aromatic heterocycles. The summed E-state index contributed by atoms with van der Waals surface area (Å²) < 4.78 is 23.1. The van der Waals surface area contributed by atoms with E-state index >= 15 is 0 Å². The van der Waals surface area contributed by atoms with Crippen LogP contribution in [0, 0.1) is 0 Å². The number of sulfone groups is 1. The predicted octanol–water partition coefficient (Wildman–Crippen LogP) is 1.30. The summed E-state index contributed by atoms with van der Waals surface area (Å²) in [5.41, 5.74) is 8.27. The molecule has 0 aliphatic carbocycles. The van der Waals surface area contributed by atoms with Crippen molar-refractivity contribution in [3.63, 3.8) is 0 Å². The Bertz CT molecular complexity index is 890. The van der Waals surface area contributed by atoms with E-state index in [2.05, 4.69) is 4.90 Å². The number of nitrogens with two attached hydrogens (primary N) is 1. The summed E-state index contributed by atoms with van der Waals surface area (Å²) in [5.74, 6) is 0.000934. The summed E-state index contributed by atoms with van der Waals surface area (Å²) in [7, 11) is -3.17. The third kappa shape index (κ3) is 5.41. The highest BCUT2D eigenvalue weighted by Crippen LogP contribution is 2.14. The quantitative estimate of drug-likeness (QED) is 0.789. The minimum Gasteiger partial charge on any atom is -0.339 e. The summed E-state index contributed by atoms with van der Waals surface area (Å²) in [5, 5.41) is 0. The highest BCUT2D eigenvalue weighted by atomic mass is 32.2. The number of rotatable bonds is 6. The summed E-state index contributed by atoms with van der Waals surface area (Å²) >= 11 is 0. The minimum atomic E-state index is -3.17. The minimum absolute atomic E-state index is 0.000934. The van der Waals surface area contributed by atoms with Crippen LogP contribution in [0.25, 0.3) is 0 Å². The van der Waals surface area contributed by atoms with Gasteiger partial charge in [0.1, 0.15) is 0 Å². The monoisotopic (exact) mass is 401 g/mol. The third-order valence-corrected chi connectivity index (χ3v) is 6.19. The molecule has 2 N–H and O–H groups in total. The smallest absolute Gasteiger partial charge is 0.239 e. The molecule has 2 aromatic rings. The Morgan fingerprint density at radius 2 is 1.57 bits per heavy atom. The van der Waals surface area contributed by atoms with Gasteiger partial charge in [0.2, 0.25) is 5.91 Å². The van der Waals surface area contributed by atoms with Crippen LogP contribution < -0.4 is 5.73 Å². The van der Waals surface area contributed by atoms with E-state index in [9.17, 15) is 13.2 Å². The SMILES string of the molecule is CS(=O)(=O)c1ccc(CN2CCN(C(=O)C(N)Cc3ccccc3)CC2)cc1. The van der Waals surface area contributed by atoms with Crippen LogP contribution in [0.2, 0.25) is 0 Å². The second kappa shape index (κ2) is 8.86. The van der Waals surface area contributed by atoms with Gasteiger partial charge in [-0.2, -0.15) is 0 Å². The third-order valence-electron chi connectivity index (χ3n) is 5.06. The lowest BCUT2D eigenvalue weighted by Gasteiger charge is -2.36. The molecule has 0 bridgehead atoms. The summed E-state index contributed by atoms with van der Waals surface area (Å²) in [6, 6.07) is 16.3. The molecule has 1 aliphatic heterocycles. The van der Waals surface area contributed by atoms with E-state index in [1.807, 2.05) is 47.4 Å². The summed E-state index contributed by atoms with van der Waals surface area (Å²) in [6.45, 7) is 3.60. The van der Waals surface area contributed by atoms with Crippen LogP contribution in [0.5, 0.6) is 0 Å². The average molecular weight is 402 g/mol. The molecule has 1 amide bonds. The van der Waals surface area contributed by atoms with E-state index in [0.717, 1.165) is 30.8 Å². The lowest BCUT2D eigenvalue weighted by Crippen LogP contribution is -2.53. The molecule has 1 aliphatic rings. The van der Waals surface area contributed by atoms with E-state index in [4.69, 9.17) is 5.73 Å². The van der Waals surface area contributed by atoms with Gasteiger partial charge in [0.05, 0.1) is 10.9 Å². The number of hydrogen-bond acceptors (Lipinski definition) is 5.